The number of aliphatic hydroxyl groups excluding tert-OH is 2. The summed E-state index contributed by atoms with van der Waals surface area (Å²) in [4.78, 5) is 14.0. The first kappa shape index (κ1) is 18.4. The van der Waals surface area contributed by atoms with Crippen molar-refractivity contribution in [2.75, 3.05) is 11.5 Å². The van der Waals surface area contributed by atoms with Gasteiger partial charge in [-0.05, 0) is 43.2 Å². The first-order valence-electron chi connectivity index (χ1n) is 8.06. The zero-order valence-electron chi connectivity index (χ0n) is 14.2. The summed E-state index contributed by atoms with van der Waals surface area (Å²) in [6, 6.07) is 5.62. The van der Waals surface area contributed by atoms with Crippen molar-refractivity contribution < 1.29 is 28.2 Å². The molecule has 26 heavy (non-hydrogen) atoms. The Balaban J connectivity index is 2.25. The molecule has 1 heterocycles. The third kappa shape index (κ3) is 2.77. The summed E-state index contributed by atoms with van der Waals surface area (Å²) in [6.07, 6.45) is -1.49. The molecule has 7 heteroatoms. The van der Waals surface area contributed by atoms with Gasteiger partial charge in [-0.2, -0.15) is 0 Å². The Bertz CT molecular complexity index is 869. The summed E-state index contributed by atoms with van der Waals surface area (Å²) in [5, 5.41) is 19.8. The third-order valence-corrected chi connectivity index (χ3v) is 4.72. The molecule has 2 aromatic carbocycles. The Morgan fingerprint density at radius 1 is 1.12 bits per heavy atom. The van der Waals surface area contributed by atoms with Gasteiger partial charge in [-0.25, -0.2) is 13.2 Å². The number of amides is 1. The third-order valence-electron chi connectivity index (χ3n) is 4.72. The molecular weight excluding hydrogens is 347 g/mol. The Hall–Kier alpha value is -2.38. The lowest BCUT2D eigenvalue weighted by Crippen LogP contribution is -2.44. The van der Waals surface area contributed by atoms with Gasteiger partial charge in [0.1, 0.15) is 23.6 Å². The quantitative estimate of drug-likeness (QED) is 0.876. The van der Waals surface area contributed by atoms with E-state index in [2.05, 4.69) is 0 Å². The molecule has 0 bridgehead atoms. The highest BCUT2D eigenvalue weighted by molar-refractivity contribution is 6.08. The van der Waals surface area contributed by atoms with Crippen LogP contribution in [0, 0.1) is 17.5 Å². The topological polar surface area (TPSA) is 60.8 Å². The van der Waals surface area contributed by atoms with Gasteiger partial charge < -0.3 is 10.2 Å². The summed E-state index contributed by atoms with van der Waals surface area (Å²) in [7, 11) is 0. The monoisotopic (exact) mass is 365 g/mol. The van der Waals surface area contributed by atoms with Gasteiger partial charge in [0.05, 0.1) is 23.8 Å². The molecule has 1 aliphatic rings. The molecule has 0 saturated heterocycles. The van der Waals surface area contributed by atoms with Crippen molar-refractivity contribution in [3.63, 3.8) is 0 Å². The van der Waals surface area contributed by atoms with Crippen LogP contribution >= 0.6 is 0 Å². The number of halogens is 3. The molecule has 0 spiro atoms. The van der Waals surface area contributed by atoms with Crippen molar-refractivity contribution in [1.29, 1.82) is 0 Å². The highest BCUT2D eigenvalue weighted by atomic mass is 19.1. The average molecular weight is 365 g/mol. The van der Waals surface area contributed by atoms with E-state index in [1.54, 1.807) is 0 Å². The minimum atomic E-state index is -1.49. The highest BCUT2D eigenvalue weighted by Crippen LogP contribution is 2.47. The van der Waals surface area contributed by atoms with Gasteiger partial charge in [0, 0.05) is 6.07 Å². The fraction of sp³-hybridized carbons (Fsp3) is 0.316. The molecule has 1 amide bonds. The lowest BCUT2D eigenvalue weighted by molar-refractivity contribution is -0.123. The van der Waals surface area contributed by atoms with Gasteiger partial charge in [0.2, 0.25) is 5.91 Å². The molecule has 1 aliphatic heterocycles. The lowest BCUT2D eigenvalue weighted by Gasteiger charge is -2.33. The molecule has 3 rings (SSSR count). The molecule has 0 aliphatic carbocycles. The van der Waals surface area contributed by atoms with Crippen molar-refractivity contribution in [1.82, 2.24) is 0 Å². The predicted molar refractivity (Wildman–Crippen MR) is 89.1 cm³/mol. The van der Waals surface area contributed by atoms with E-state index in [0.717, 1.165) is 17.0 Å². The smallest absolute Gasteiger partial charge is 0.237 e. The standard InChI is InChI=1S/C19H18F3NO3/c1-19(2)13-7-12(21)8-14(22)17(13)23(18(19)26)16(15(25)9-24)10-4-3-5-11(20)6-10/h3-8,15-16,24-25H,9H2,1-2H3/t15-,16+/m1/s1. The summed E-state index contributed by atoms with van der Waals surface area (Å²) in [5.74, 6) is -2.98. The first-order valence-corrected chi connectivity index (χ1v) is 8.06. The van der Waals surface area contributed by atoms with Crippen LogP contribution in [0.5, 0.6) is 0 Å². The number of benzene rings is 2. The van der Waals surface area contributed by atoms with Crippen molar-refractivity contribution in [2.45, 2.75) is 31.4 Å². The van der Waals surface area contributed by atoms with E-state index in [1.165, 1.54) is 32.0 Å². The van der Waals surface area contributed by atoms with Gasteiger partial charge >= 0.3 is 0 Å². The Morgan fingerprint density at radius 3 is 2.42 bits per heavy atom. The number of carbonyl (C=O) groups is 1. The lowest BCUT2D eigenvalue weighted by atomic mass is 9.86. The second-order valence-electron chi connectivity index (χ2n) is 6.83. The van der Waals surface area contributed by atoms with E-state index >= 15 is 0 Å². The molecule has 0 aromatic heterocycles. The van der Waals surface area contributed by atoms with Crippen LogP contribution in [-0.4, -0.2) is 28.8 Å². The van der Waals surface area contributed by atoms with Crippen LogP contribution < -0.4 is 4.90 Å². The Morgan fingerprint density at radius 2 is 1.81 bits per heavy atom. The minimum Gasteiger partial charge on any atom is -0.394 e. The number of rotatable bonds is 4. The van der Waals surface area contributed by atoms with E-state index in [9.17, 15) is 28.2 Å². The molecule has 2 atom stereocenters. The summed E-state index contributed by atoms with van der Waals surface area (Å²) in [5.41, 5.74) is -1.11. The van der Waals surface area contributed by atoms with Crippen LogP contribution in [0.4, 0.5) is 18.9 Å². The van der Waals surface area contributed by atoms with E-state index in [4.69, 9.17) is 0 Å². The fourth-order valence-corrected chi connectivity index (χ4v) is 3.40. The van der Waals surface area contributed by atoms with E-state index in [0.29, 0.717) is 6.07 Å². The molecule has 0 saturated carbocycles. The SMILES string of the molecule is CC1(C)C(=O)N([C@@H](c2cccc(F)c2)[C@H](O)CO)c2c(F)cc(F)cc21. The number of fused-ring (bicyclic) bond motifs is 1. The molecule has 0 fully saturated rings. The maximum atomic E-state index is 14.6. The van der Waals surface area contributed by atoms with Crippen molar-refractivity contribution in [3.8, 4) is 0 Å². The number of anilines is 1. The van der Waals surface area contributed by atoms with Crippen LogP contribution in [0.15, 0.2) is 36.4 Å². The van der Waals surface area contributed by atoms with E-state index in [1.807, 2.05) is 0 Å². The van der Waals surface area contributed by atoms with Crippen molar-refractivity contribution in [3.05, 3.63) is 65.0 Å². The van der Waals surface area contributed by atoms with Gasteiger partial charge in [-0.15, -0.1) is 0 Å². The van der Waals surface area contributed by atoms with Gasteiger partial charge in [0.15, 0.2) is 0 Å². The second-order valence-corrected chi connectivity index (χ2v) is 6.83. The minimum absolute atomic E-state index is 0.131. The van der Waals surface area contributed by atoms with Gasteiger partial charge in [-0.1, -0.05) is 12.1 Å². The van der Waals surface area contributed by atoms with Crippen LogP contribution in [0.2, 0.25) is 0 Å². The average Bonchev–Trinajstić information content (AvgIpc) is 2.76. The molecule has 0 unspecified atom stereocenters. The van der Waals surface area contributed by atoms with Crippen LogP contribution in [0.3, 0.4) is 0 Å². The van der Waals surface area contributed by atoms with Crippen LogP contribution in [0.1, 0.15) is 31.0 Å². The number of hydrogen-bond acceptors (Lipinski definition) is 3. The van der Waals surface area contributed by atoms with Crippen molar-refractivity contribution >= 4 is 11.6 Å². The largest absolute Gasteiger partial charge is 0.394 e. The van der Waals surface area contributed by atoms with Crippen LogP contribution in [-0.2, 0) is 10.2 Å². The second kappa shape index (κ2) is 6.41. The molecule has 138 valence electrons. The maximum Gasteiger partial charge on any atom is 0.237 e. The Kier molecular flexibility index (Phi) is 4.54. The highest BCUT2D eigenvalue weighted by Gasteiger charge is 2.50. The van der Waals surface area contributed by atoms with Gasteiger partial charge in [-0.3, -0.25) is 9.69 Å². The van der Waals surface area contributed by atoms with E-state index in [-0.39, 0.29) is 16.8 Å². The number of hydrogen-bond donors (Lipinski definition) is 2. The van der Waals surface area contributed by atoms with Crippen LogP contribution in [0.25, 0.3) is 0 Å². The number of carbonyl (C=O) groups excluding carboxylic acids is 1. The first-order chi connectivity index (χ1) is 12.2. The molecule has 0 radical (unpaired) electrons. The summed E-state index contributed by atoms with van der Waals surface area (Å²) < 4.78 is 42.0. The zero-order chi connectivity index (χ0) is 19.2. The van der Waals surface area contributed by atoms with Gasteiger partial charge in [0.25, 0.3) is 0 Å². The normalized spacial score (nSPS) is 18.0. The fourth-order valence-electron chi connectivity index (χ4n) is 3.40. The van der Waals surface area contributed by atoms with Crippen molar-refractivity contribution in [2.24, 2.45) is 0 Å². The molecule has 4 nitrogen and oxygen atoms in total. The molecule has 2 aromatic rings. The number of aliphatic hydroxyl groups is 2. The summed E-state index contributed by atoms with van der Waals surface area (Å²) >= 11 is 0. The summed E-state index contributed by atoms with van der Waals surface area (Å²) in [6.45, 7) is 2.30. The molecule has 2 N–H and O–H groups in total. The van der Waals surface area contributed by atoms with E-state index < -0.39 is 47.5 Å². The molecular formula is C19H18F3NO3. The number of nitrogens with zero attached hydrogens (tertiary/aromatic N) is 1. The zero-order valence-corrected chi connectivity index (χ0v) is 14.2. The maximum absolute atomic E-state index is 14.6. The Labute approximate surface area is 148 Å². The predicted octanol–water partition coefficient (Wildman–Crippen LogP) is 2.82.